The fourth-order valence-electron chi connectivity index (χ4n) is 1.82. The average Bonchev–Trinajstić information content (AvgIpc) is 2.46. The molecule has 5 nitrogen and oxygen atoms in total. The number of likely N-dealkylation sites (N-methyl/N-ethyl adjacent to an activating group) is 1. The number of carbonyl (C=O) groups is 1. The quantitative estimate of drug-likeness (QED) is 0.666. The van der Waals surface area contributed by atoms with Crippen LogP contribution in [0.2, 0.25) is 0 Å². The first kappa shape index (κ1) is 16.5. The number of para-hydroxylation sites is 1. The van der Waals surface area contributed by atoms with Crippen LogP contribution in [0.1, 0.15) is 24.2 Å². The first-order valence-electron chi connectivity index (χ1n) is 6.94. The second-order valence-electron chi connectivity index (χ2n) is 4.28. The minimum Gasteiger partial charge on any atom is -0.491 e. The standard InChI is InChI=1S/C15H23NO4/c1-3-16(9-11-19-4-2)10-12-20-14-8-6-5-7-13(14)15(17)18/h5-8H,3-4,9-12H2,1-2H3,(H,17,18). The number of ether oxygens (including phenoxy) is 2. The zero-order valence-electron chi connectivity index (χ0n) is 12.2. The van der Waals surface area contributed by atoms with Crippen LogP contribution in [-0.4, -0.2) is 55.4 Å². The smallest absolute Gasteiger partial charge is 0.339 e. The number of rotatable bonds is 10. The fraction of sp³-hybridized carbons (Fsp3) is 0.533. The van der Waals surface area contributed by atoms with E-state index in [1.54, 1.807) is 24.3 Å². The molecule has 0 aliphatic rings. The van der Waals surface area contributed by atoms with Gasteiger partial charge in [-0.05, 0) is 25.6 Å². The van der Waals surface area contributed by atoms with Gasteiger partial charge in [0.05, 0.1) is 6.61 Å². The van der Waals surface area contributed by atoms with Crippen LogP contribution in [0.25, 0.3) is 0 Å². The second-order valence-corrected chi connectivity index (χ2v) is 4.28. The Balaban J connectivity index is 2.41. The summed E-state index contributed by atoms with van der Waals surface area (Å²) in [4.78, 5) is 13.2. The normalized spacial score (nSPS) is 10.8. The lowest BCUT2D eigenvalue weighted by atomic mass is 10.2. The molecule has 0 bridgehead atoms. The SMILES string of the molecule is CCOCCN(CC)CCOc1ccccc1C(=O)O. The van der Waals surface area contributed by atoms with Gasteiger partial charge in [-0.25, -0.2) is 4.79 Å². The molecule has 20 heavy (non-hydrogen) atoms. The molecule has 0 saturated heterocycles. The molecule has 0 aliphatic carbocycles. The molecule has 0 spiro atoms. The van der Waals surface area contributed by atoms with E-state index >= 15 is 0 Å². The van der Waals surface area contributed by atoms with Crippen LogP contribution in [0.4, 0.5) is 0 Å². The van der Waals surface area contributed by atoms with Crippen LogP contribution in [0.15, 0.2) is 24.3 Å². The van der Waals surface area contributed by atoms with Gasteiger partial charge in [-0.1, -0.05) is 19.1 Å². The summed E-state index contributed by atoms with van der Waals surface area (Å²) in [6.45, 7) is 8.46. The predicted octanol–water partition coefficient (Wildman–Crippen LogP) is 2.12. The molecule has 5 heteroatoms. The van der Waals surface area contributed by atoms with E-state index in [2.05, 4.69) is 11.8 Å². The molecule has 0 radical (unpaired) electrons. The molecule has 0 amide bonds. The van der Waals surface area contributed by atoms with E-state index in [0.29, 0.717) is 19.0 Å². The van der Waals surface area contributed by atoms with Crippen molar-refractivity contribution in [2.45, 2.75) is 13.8 Å². The summed E-state index contributed by atoms with van der Waals surface area (Å²) in [5.74, 6) is -0.551. The first-order chi connectivity index (χ1) is 9.69. The van der Waals surface area contributed by atoms with Crippen LogP contribution in [0.3, 0.4) is 0 Å². The molecule has 0 saturated carbocycles. The Kier molecular flexibility index (Phi) is 7.69. The third-order valence-corrected chi connectivity index (χ3v) is 2.99. The minimum atomic E-state index is -0.968. The van der Waals surface area contributed by atoms with E-state index in [1.165, 1.54) is 0 Å². The van der Waals surface area contributed by atoms with Crippen molar-refractivity contribution < 1.29 is 19.4 Å². The van der Waals surface area contributed by atoms with Crippen molar-refractivity contribution in [1.82, 2.24) is 4.90 Å². The van der Waals surface area contributed by atoms with Crippen molar-refractivity contribution >= 4 is 5.97 Å². The number of aromatic carboxylic acids is 1. The molecular weight excluding hydrogens is 258 g/mol. The number of carboxylic acid groups (broad SMARTS) is 1. The van der Waals surface area contributed by atoms with Gasteiger partial charge >= 0.3 is 5.97 Å². The Bertz CT molecular complexity index is 409. The highest BCUT2D eigenvalue weighted by molar-refractivity contribution is 5.90. The van der Waals surface area contributed by atoms with Gasteiger partial charge in [-0.2, -0.15) is 0 Å². The Hall–Kier alpha value is -1.59. The van der Waals surface area contributed by atoms with Crippen molar-refractivity contribution in [2.24, 2.45) is 0 Å². The maximum absolute atomic E-state index is 11.0. The van der Waals surface area contributed by atoms with E-state index < -0.39 is 5.97 Å². The summed E-state index contributed by atoms with van der Waals surface area (Å²) in [5, 5.41) is 9.06. The third kappa shape index (κ3) is 5.59. The van der Waals surface area contributed by atoms with Crippen LogP contribution in [0, 0.1) is 0 Å². The van der Waals surface area contributed by atoms with Gasteiger partial charge in [-0.3, -0.25) is 4.90 Å². The maximum Gasteiger partial charge on any atom is 0.339 e. The zero-order chi connectivity index (χ0) is 14.8. The Labute approximate surface area is 120 Å². The number of carboxylic acids is 1. The highest BCUT2D eigenvalue weighted by atomic mass is 16.5. The topological polar surface area (TPSA) is 59.0 Å². The molecule has 0 fully saturated rings. The number of benzene rings is 1. The summed E-state index contributed by atoms with van der Waals surface area (Å²) in [7, 11) is 0. The number of hydrogen-bond donors (Lipinski definition) is 1. The summed E-state index contributed by atoms with van der Waals surface area (Å²) in [6.07, 6.45) is 0. The van der Waals surface area contributed by atoms with E-state index in [-0.39, 0.29) is 5.56 Å². The van der Waals surface area contributed by atoms with Crippen LogP contribution in [-0.2, 0) is 4.74 Å². The third-order valence-electron chi connectivity index (χ3n) is 2.99. The van der Waals surface area contributed by atoms with Gasteiger partial charge < -0.3 is 14.6 Å². The number of nitrogens with zero attached hydrogens (tertiary/aromatic N) is 1. The van der Waals surface area contributed by atoms with Gasteiger partial charge in [0, 0.05) is 19.7 Å². The van der Waals surface area contributed by atoms with Crippen molar-refractivity contribution in [3.05, 3.63) is 29.8 Å². The monoisotopic (exact) mass is 281 g/mol. The van der Waals surface area contributed by atoms with Gasteiger partial charge in [0.2, 0.25) is 0 Å². The van der Waals surface area contributed by atoms with Gasteiger partial charge in [-0.15, -0.1) is 0 Å². The fourth-order valence-corrected chi connectivity index (χ4v) is 1.82. The lowest BCUT2D eigenvalue weighted by Crippen LogP contribution is -2.31. The predicted molar refractivity (Wildman–Crippen MR) is 77.5 cm³/mol. The van der Waals surface area contributed by atoms with Crippen molar-refractivity contribution in [3.63, 3.8) is 0 Å². The Morgan fingerprint density at radius 3 is 2.55 bits per heavy atom. The van der Waals surface area contributed by atoms with Crippen LogP contribution >= 0.6 is 0 Å². The molecule has 1 rings (SSSR count). The summed E-state index contributed by atoms with van der Waals surface area (Å²) >= 11 is 0. The van der Waals surface area contributed by atoms with Crippen molar-refractivity contribution in [1.29, 1.82) is 0 Å². The highest BCUT2D eigenvalue weighted by Crippen LogP contribution is 2.17. The molecule has 0 aliphatic heterocycles. The lowest BCUT2D eigenvalue weighted by Gasteiger charge is -2.20. The van der Waals surface area contributed by atoms with Crippen LogP contribution in [0.5, 0.6) is 5.75 Å². The highest BCUT2D eigenvalue weighted by Gasteiger charge is 2.10. The average molecular weight is 281 g/mol. The van der Waals surface area contributed by atoms with E-state index in [4.69, 9.17) is 14.6 Å². The second kappa shape index (κ2) is 9.34. The van der Waals surface area contributed by atoms with E-state index in [0.717, 1.165) is 26.2 Å². The number of hydrogen-bond acceptors (Lipinski definition) is 4. The van der Waals surface area contributed by atoms with Crippen molar-refractivity contribution in [2.75, 3.05) is 39.5 Å². The lowest BCUT2D eigenvalue weighted by molar-refractivity contribution is 0.0691. The molecule has 0 atom stereocenters. The Morgan fingerprint density at radius 1 is 1.20 bits per heavy atom. The molecule has 0 heterocycles. The zero-order valence-corrected chi connectivity index (χ0v) is 12.2. The summed E-state index contributed by atoms with van der Waals surface area (Å²) in [5.41, 5.74) is 0.199. The van der Waals surface area contributed by atoms with E-state index in [1.807, 2.05) is 6.92 Å². The molecular formula is C15H23NO4. The summed E-state index contributed by atoms with van der Waals surface area (Å²) in [6, 6.07) is 6.69. The molecule has 112 valence electrons. The van der Waals surface area contributed by atoms with Crippen molar-refractivity contribution in [3.8, 4) is 5.75 Å². The first-order valence-corrected chi connectivity index (χ1v) is 6.94. The van der Waals surface area contributed by atoms with Gasteiger partial charge in [0.15, 0.2) is 0 Å². The molecule has 0 unspecified atom stereocenters. The molecule has 0 aromatic heterocycles. The maximum atomic E-state index is 11.0. The molecule has 1 aromatic rings. The largest absolute Gasteiger partial charge is 0.491 e. The van der Waals surface area contributed by atoms with Gasteiger partial charge in [0.1, 0.15) is 17.9 Å². The Morgan fingerprint density at radius 2 is 1.90 bits per heavy atom. The van der Waals surface area contributed by atoms with Crippen LogP contribution < -0.4 is 4.74 Å². The molecule has 1 N–H and O–H groups in total. The van der Waals surface area contributed by atoms with Gasteiger partial charge in [0.25, 0.3) is 0 Å². The van der Waals surface area contributed by atoms with E-state index in [9.17, 15) is 4.79 Å². The minimum absolute atomic E-state index is 0.199. The summed E-state index contributed by atoms with van der Waals surface area (Å²) < 4.78 is 10.9. The molecule has 1 aromatic carbocycles.